The molecule has 0 radical (unpaired) electrons. The minimum absolute atomic E-state index is 0.0642. The first-order valence-corrected chi connectivity index (χ1v) is 7.97. The lowest BCUT2D eigenvalue weighted by Crippen LogP contribution is -2.49. The van der Waals surface area contributed by atoms with E-state index in [-0.39, 0.29) is 17.5 Å². The second kappa shape index (κ2) is 5.73. The van der Waals surface area contributed by atoms with Gasteiger partial charge in [-0.1, -0.05) is 0 Å². The van der Waals surface area contributed by atoms with Gasteiger partial charge < -0.3 is 9.80 Å². The van der Waals surface area contributed by atoms with E-state index in [1.807, 2.05) is 4.90 Å². The summed E-state index contributed by atoms with van der Waals surface area (Å²) in [4.78, 5) is 34.5. The number of hydrogen-bond acceptors (Lipinski definition) is 5. The van der Waals surface area contributed by atoms with E-state index >= 15 is 0 Å². The molecule has 8 nitrogen and oxygen atoms in total. The number of halogens is 1. The van der Waals surface area contributed by atoms with Crippen molar-refractivity contribution in [3.05, 3.63) is 39.8 Å². The summed E-state index contributed by atoms with van der Waals surface area (Å²) in [5.74, 6) is -0.424. The Bertz CT molecular complexity index is 806. The number of carbonyl (C=O) groups is 1. The van der Waals surface area contributed by atoms with Gasteiger partial charge in [-0.05, 0) is 18.9 Å². The first-order chi connectivity index (χ1) is 11.6. The van der Waals surface area contributed by atoms with Crippen LogP contribution in [0, 0.1) is 5.82 Å². The monoisotopic (exact) mass is 332 g/mol. The van der Waals surface area contributed by atoms with E-state index in [2.05, 4.69) is 20.2 Å². The molecule has 1 aliphatic carbocycles. The number of aromatic nitrogens is 4. The predicted molar refractivity (Wildman–Crippen MR) is 83.5 cm³/mol. The topological polar surface area (TPSA) is 98.0 Å². The molecule has 1 aliphatic heterocycles. The fourth-order valence-electron chi connectivity index (χ4n) is 2.91. The third kappa shape index (κ3) is 2.66. The molecule has 4 rings (SSSR count). The number of aromatic amines is 2. The Kier molecular flexibility index (Phi) is 3.55. The van der Waals surface area contributed by atoms with Crippen molar-refractivity contribution in [2.24, 2.45) is 0 Å². The Labute approximate surface area is 136 Å². The minimum atomic E-state index is -0.769. The highest BCUT2D eigenvalue weighted by atomic mass is 19.1. The van der Waals surface area contributed by atoms with Crippen LogP contribution in [0.5, 0.6) is 0 Å². The molecule has 0 spiro atoms. The van der Waals surface area contributed by atoms with Crippen molar-refractivity contribution in [1.29, 1.82) is 0 Å². The Balaban J connectivity index is 1.48. The van der Waals surface area contributed by atoms with E-state index < -0.39 is 11.4 Å². The van der Waals surface area contributed by atoms with E-state index in [0.29, 0.717) is 37.8 Å². The maximum atomic E-state index is 13.9. The van der Waals surface area contributed by atoms with Crippen molar-refractivity contribution in [1.82, 2.24) is 25.1 Å². The summed E-state index contributed by atoms with van der Waals surface area (Å²) in [6.45, 7) is 2.05. The predicted octanol–water partition coefficient (Wildman–Crippen LogP) is 0.472. The van der Waals surface area contributed by atoms with Gasteiger partial charge in [0.2, 0.25) is 11.8 Å². The van der Waals surface area contributed by atoms with Gasteiger partial charge in [0.1, 0.15) is 5.69 Å². The largest absolute Gasteiger partial charge is 0.339 e. The summed E-state index contributed by atoms with van der Waals surface area (Å²) < 4.78 is 13.9. The normalized spacial score (nSPS) is 18.0. The first-order valence-electron chi connectivity index (χ1n) is 7.97. The van der Waals surface area contributed by atoms with E-state index in [1.54, 1.807) is 11.0 Å². The van der Waals surface area contributed by atoms with Gasteiger partial charge in [0.25, 0.3) is 11.5 Å². The van der Waals surface area contributed by atoms with Gasteiger partial charge in [0.15, 0.2) is 0 Å². The number of carbonyl (C=O) groups excluding carboxylic acids is 1. The third-order valence-corrected chi connectivity index (χ3v) is 4.44. The zero-order valence-electron chi connectivity index (χ0n) is 13.0. The summed E-state index contributed by atoms with van der Waals surface area (Å²) in [5, 5.41) is 6.44. The van der Waals surface area contributed by atoms with Crippen LogP contribution in [-0.2, 0) is 0 Å². The van der Waals surface area contributed by atoms with Gasteiger partial charge in [0.05, 0.1) is 5.69 Å². The summed E-state index contributed by atoms with van der Waals surface area (Å²) in [7, 11) is 0. The second-order valence-corrected chi connectivity index (χ2v) is 6.11. The molecule has 1 amide bonds. The van der Waals surface area contributed by atoms with Crippen LogP contribution >= 0.6 is 0 Å². The van der Waals surface area contributed by atoms with Crippen molar-refractivity contribution in [3.63, 3.8) is 0 Å². The number of rotatable bonds is 3. The lowest BCUT2D eigenvalue weighted by Gasteiger charge is -2.34. The molecule has 0 aromatic carbocycles. The molecule has 3 heterocycles. The molecule has 1 saturated heterocycles. The summed E-state index contributed by atoms with van der Waals surface area (Å²) in [6, 6.07) is 1.63. The smallest absolute Gasteiger partial charge is 0.288 e. The Morgan fingerprint density at radius 1 is 1.25 bits per heavy atom. The lowest BCUT2D eigenvalue weighted by atomic mass is 10.2. The van der Waals surface area contributed by atoms with Crippen LogP contribution in [-0.4, -0.2) is 57.2 Å². The fraction of sp³-hybridized carbons (Fsp3) is 0.467. The average Bonchev–Trinajstić information content (AvgIpc) is 3.30. The molecule has 2 aromatic heterocycles. The van der Waals surface area contributed by atoms with Gasteiger partial charge in [-0.2, -0.15) is 9.49 Å². The number of amides is 1. The van der Waals surface area contributed by atoms with Gasteiger partial charge in [0, 0.05) is 38.3 Å². The lowest BCUT2D eigenvalue weighted by molar-refractivity contribution is 0.0740. The van der Waals surface area contributed by atoms with Gasteiger partial charge >= 0.3 is 0 Å². The van der Waals surface area contributed by atoms with Crippen molar-refractivity contribution in [3.8, 4) is 0 Å². The van der Waals surface area contributed by atoms with Gasteiger partial charge in [-0.3, -0.25) is 19.7 Å². The molecule has 2 aromatic rings. The second-order valence-electron chi connectivity index (χ2n) is 6.11. The maximum absolute atomic E-state index is 13.9. The standard InChI is InChI=1S/C15H17FN6O2/c16-11-12(9-1-2-9)18-15(19-13(11)23)22-7-5-21(6-8-22)14(24)10-3-4-17-20-10/h3-4,9H,1-2,5-8H2,(H,17,20)(H,18,19,23). The number of hydrogen-bond donors (Lipinski definition) is 2. The molecule has 24 heavy (non-hydrogen) atoms. The summed E-state index contributed by atoms with van der Waals surface area (Å²) in [6.07, 6.45) is 3.29. The fourth-order valence-corrected chi connectivity index (χ4v) is 2.91. The van der Waals surface area contributed by atoms with E-state index in [4.69, 9.17) is 0 Å². The van der Waals surface area contributed by atoms with Crippen LogP contribution in [0.1, 0.15) is 34.9 Å². The number of nitrogens with zero attached hydrogens (tertiary/aromatic N) is 4. The van der Waals surface area contributed by atoms with Crippen molar-refractivity contribution in [2.75, 3.05) is 31.1 Å². The molecule has 0 atom stereocenters. The van der Waals surface area contributed by atoms with Crippen molar-refractivity contribution >= 4 is 11.9 Å². The van der Waals surface area contributed by atoms with E-state index in [9.17, 15) is 14.0 Å². The highest BCUT2D eigenvalue weighted by Gasteiger charge is 2.31. The summed E-state index contributed by atoms with van der Waals surface area (Å²) >= 11 is 0. The Morgan fingerprint density at radius 3 is 2.62 bits per heavy atom. The Morgan fingerprint density at radius 2 is 2.00 bits per heavy atom. The first kappa shape index (κ1) is 14.9. The van der Waals surface area contributed by atoms with Crippen LogP contribution in [0.15, 0.2) is 17.1 Å². The van der Waals surface area contributed by atoms with Crippen LogP contribution in [0.25, 0.3) is 0 Å². The SMILES string of the molecule is O=C(c1ccn[nH]1)N1CCN(c2nc(C3CC3)c(F)c(=O)[nH]2)CC1. The van der Waals surface area contributed by atoms with Crippen LogP contribution < -0.4 is 10.5 Å². The van der Waals surface area contributed by atoms with Crippen LogP contribution in [0.3, 0.4) is 0 Å². The molecular formula is C15H17FN6O2. The number of nitrogens with one attached hydrogen (secondary N) is 2. The maximum Gasteiger partial charge on any atom is 0.288 e. The molecule has 2 fully saturated rings. The average molecular weight is 332 g/mol. The minimum Gasteiger partial charge on any atom is -0.339 e. The third-order valence-electron chi connectivity index (χ3n) is 4.44. The Hall–Kier alpha value is -2.71. The molecule has 0 bridgehead atoms. The highest BCUT2D eigenvalue weighted by molar-refractivity contribution is 5.92. The molecule has 2 N–H and O–H groups in total. The molecule has 1 saturated carbocycles. The van der Waals surface area contributed by atoms with Crippen LogP contribution in [0.4, 0.5) is 10.3 Å². The summed E-state index contributed by atoms with van der Waals surface area (Å²) in [5.41, 5.74) is -0.00429. The van der Waals surface area contributed by atoms with E-state index in [1.165, 1.54) is 6.20 Å². The van der Waals surface area contributed by atoms with Crippen molar-refractivity contribution < 1.29 is 9.18 Å². The molecule has 9 heteroatoms. The van der Waals surface area contributed by atoms with Gasteiger partial charge in [-0.25, -0.2) is 4.98 Å². The molecule has 126 valence electrons. The number of piperazine rings is 1. The highest BCUT2D eigenvalue weighted by Crippen LogP contribution is 2.39. The van der Waals surface area contributed by atoms with Gasteiger partial charge in [-0.15, -0.1) is 0 Å². The van der Waals surface area contributed by atoms with Crippen molar-refractivity contribution in [2.45, 2.75) is 18.8 Å². The van der Waals surface area contributed by atoms with Crippen LogP contribution in [0.2, 0.25) is 0 Å². The quantitative estimate of drug-likeness (QED) is 0.851. The van der Waals surface area contributed by atoms with E-state index in [0.717, 1.165) is 12.8 Å². The number of anilines is 1. The molecular weight excluding hydrogens is 315 g/mol. The zero-order valence-corrected chi connectivity index (χ0v) is 13.0. The zero-order chi connectivity index (χ0) is 16.7. The molecule has 0 unspecified atom stereocenters. The molecule has 2 aliphatic rings. The number of H-pyrrole nitrogens is 2.